The summed E-state index contributed by atoms with van der Waals surface area (Å²) < 4.78 is 11.0. The number of hydrogen-bond donors (Lipinski definition) is 3. The summed E-state index contributed by atoms with van der Waals surface area (Å²) in [5.74, 6) is 0. The fraction of sp³-hybridized carbons (Fsp3) is 0.923. The van der Waals surface area contributed by atoms with Gasteiger partial charge in [0.05, 0.1) is 13.2 Å². The van der Waals surface area contributed by atoms with Crippen LogP contribution in [0.1, 0.15) is 110 Å². The van der Waals surface area contributed by atoms with Gasteiger partial charge in [0, 0.05) is 6.61 Å². The first-order valence-electron chi connectivity index (χ1n) is 13.1. The molecule has 0 amide bonds. The molecule has 1 rings (SSSR count). The summed E-state index contributed by atoms with van der Waals surface area (Å²) >= 11 is 0. The first-order valence-corrected chi connectivity index (χ1v) is 13.1. The predicted octanol–water partition coefficient (Wildman–Crippen LogP) is 5.30. The van der Waals surface area contributed by atoms with Gasteiger partial charge in [-0.2, -0.15) is 0 Å². The highest BCUT2D eigenvalue weighted by atomic mass is 16.6. The van der Waals surface area contributed by atoms with Crippen molar-refractivity contribution < 1.29 is 24.8 Å². The van der Waals surface area contributed by atoms with Crippen molar-refractivity contribution in [2.75, 3.05) is 19.8 Å². The summed E-state index contributed by atoms with van der Waals surface area (Å²) in [5.41, 5.74) is 0. The third kappa shape index (κ3) is 14.3. The zero-order chi connectivity index (χ0) is 22.6. The van der Waals surface area contributed by atoms with Gasteiger partial charge in [-0.25, -0.2) is 0 Å². The Labute approximate surface area is 191 Å². The molecule has 0 radical (unpaired) electrons. The van der Waals surface area contributed by atoms with E-state index in [2.05, 4.69) is 19.1 Å². The molecule has 1 aliphatic rings. The van der Waals surface area contributed by atoms with E-state index in [1.165, 1.54) is 89.9 Å². The lowest BCUT2D eigenvalue weighted by Crippen LogP contribution is -2.41. The van der Waals surface area contributed by atoms with Crippen LogP contribution in [-0.4, -0.2) is 59.6 Å². The van der Waals surface area contributed by atoms with Gasteiger partial charge in [0.1, 0.15) is 24.4 Å². The van der Waals surface area contributed by atoms with Crippen LogP contribution in [0.25, 0.3) is 0 Å². The zero-order valence-electron chi connectivity index (χ0n) is 20.1. The molecule has 0 aliphatic carbocycles. The van der Waals surface area contributed by atoms with Gasteiger partial charge < -0.3 is 24.8 Å². The number of unbranched alkanes of at least 4 members (excludes halogenated alkanes) is 14. The molecule has 4 atom stereocenters. The topological polar surface area (TPSA) is 79.2 Å². The van der Waals surface area contributed by atoms with Crippen molar-refractivity contribution in [3.05, 3.63) is 12.2 Å². The smallest absolute Gasteiger partial charge is 0.114 e. The Balaban J connectivity index is 1.78. The van der Waals surface area contributed by atoms with E-state index in [0.29, 0.717) is 6.61 Å². The minimum Gasteiger partial charge on any atom is -0.394 e. The maximum Gasteiger partial charge on any atom is 0.114 e. The molecule has 184 valence electrons. The Morgan fingerprint density at radius 2 is 1.35 bits per heavy atom. The fourth-order valence-electron chi connectivity index (χ4n) is 4.15. The van der Waals surface area contributed by atoms with Crippen LogP contribution in [0.3, 0.4) is 0 Å². The van der Waals surface area contributed by atoms with Crippen LogP contribution in [0.4, 0.5) is 0 Å². The molecule has 1 heterocycles. The molecule has 1 fully saturated rings. The van der Waals surface area contributed by atoms with Crippen molar-refractivity contribution in [1.29, 1.82) is 0 Å². The molecule has 0 aromatic carbocycles. The van der Waals surface area contributed by atoms with E-state index >= 15 is 0 Å². The molecule has 31 heavy (non-hydrogen) atoms. The first-order chi connectivity index (χ1) is 15.2. The summed E-state index contributed by atoms with van der Waals surface area (Å²) in [7, 11) is 0. The summed E-state index contributed by atoms with van der Waals surface area (Å²) in [6.07, 6.45) is 22.5. The van der Waals surface area contributed by atoms with Crippen LogP contribution in [0.5, 0.6) is 0 Å². The highest BCUT2D eigenvalue weighted by Crippen LogP contribution is 2.20. The molecule has 5 nitrogen and oxygen atoms in total. The second-order valence-corrected chi connectivity index (χ2v) is 9.09. The van der Waals surface area contributed by atoms with Gasteiger partial charge in [-0.05, 0) is 25.7 Å². The lowest BCUT2D eigenvalue weighted by molar-refractivity contribution is -0.0730. The molecular weight excluding hydrogens is 392 g/mol. The molecule has 0 aromatic heterocycles. The molecule has 3 N–H and O–H groups in total. The van der Waals surface area contributed by atoms with Crippen LogP contribution >= 0.6 is 0 Å². The highest BCUT2D eigenvalue weighted by molar-refractivity contribution is 4.88. The van der Waals surface area contributed by atoms with Gasteiger partial charge in [-0.15, -0.1) is 0 Å². The predicted molar refractivity (Wildman–Crippen MR) is 127 cm³/mol. The molecule has 5 heteroatoms. The number of aliphatic hydroxyl groups excluding tert-OH is 3. The summed E-state index contributed by atoms with van der Waals surface area (Å²) in [6, 6.07) is 0. The van der Waals surface area contributed by atoms with Gasteiger partial charge in [0.15, 0.2) is 0 Å². The monoisotopic (exact) mass is 442 g/mol. The average molecular weight is 443 g/mol. The van der Waals surface area contributed by atoms with Crippen molar-refractivity contribution in [1.82, 2.24) is 0 Å². The second-order valence-electron chi connectivity index (χ2n) is 9.09. The SMILES string of the molecule is CCC/C=C/CCCCCCCCCCCCCCCO[C@H]1CO[C@@H]([C@H](O)CO)[C@H]1O. The number of ether oxygens (including phenoxy) is 2. The van der Waals surface area contributed by atoms with Crippen molar-refractivity contribution in [2.45, 2.75) is 134 Å². The Morgan fingerprint density at radius 3 is 1.90 bits per heavy atom. The molecule has 1 saturated heterocycles. The molecular formula is C26H50O5. The Bertz CT molecular complexity index is 415. The summed E-state index contributed by atoms with van der Waals surface area (Å²) in [5, 5.41) is 28.6. The Morgan fingerprint density at radius 1 is 0.839 bits per heavy atom. The molecule has 0 spiro atoms. The van der Waals surface area contributed by atoms with Gasteiger partial charge >= 0.3 is 0 Å². The first kappa shape index (κ1) is 28.6. The highest BCUT2D eigenvalue weighted by Gasteiger charge is 2.40. The van der Waals surface area contributed by atoms with E-state index in [1.807, 2.05) is 0 Å². The van der Waals surface area contributed by atoms with Crippen LogP contribution in [0, 0.1) is 0 Å². The Hall–Kier alpha value is -0.460. The number of allylic oxidation sites excluding steroid dienone is 2. The minimum absolute atomic E-state index is 0.277. The number of aliphatic hydroxyl groups is 3. The van der Waals surface area contributed by atoms with Crippen LogP contribution in [-0.2, 0) is 9.47 Å². The van der Waals surface area contributed by atoms with Gasteiger partial charge in [0.2, 0.25) is 0 Å². The van der Waals surface area contributed by atoms with E-state index in [1.54, 1.807) is 0 Å². The van der Waals surface area contributed by atoms with Crippen LogP contribution < -0.4 is 0 Å². The molecule has 0 saturated carbocycles. The number of rotatable bonds is 21. The fourth-order valence-corrected chi connectivity index (χ4v) is 4.15. The van der Waals surface area contributed by atoms with Crippen LogP contribution in [0.2, 0.25) is 0 Å². The standard InChI is InChI=1S/C26H50O5/c1-2-3-4-5-6-7-8-9-10-11-12-13-14-15-16-17-18-19-20-30-24-22-31-26(25(24)29)23(28)21-27/h4-5,23-29H,2-3,6-22H2,1H3/b5-4+/t23-,24+,25+,26+/m1/s1. The lowest BCUT2D eigenvalue weighted by atomic mass is 10.0. The third-order valence-corrected chi connectivity index (χ3v) is 6.21. The largest absolute Gasteiger partial charge is 0.394 e. The molecule has 0 aromatic rings. The summed E-state index contributed by atoms with van der Waals surface area (Å²) in [4.78, 5) is 0. The van der Waals surface area contributed by atoms with E-state index in [-0.39, 0.29) is 6.61 Å². The number of hydrogen-bond acceptors (Lipinski definition) is 5. The molecule has 0 bridgehead atoms. The van der Waals surface area contributed by atoms with Gasteiger partial charge in [-0.1, -0.05) is 96.1 Å². The van der Waals surface area contributed by atoms with Crippen molar-refractivity contribution >= 4 is 0 Å². The van der Waals surface area contributed by atoms with E-state index in [9.17, 15) is 10.2 Å². The maximum atomic E-state index is 10.1. The molecule has 1 aliphatic heterocycles. The zero-order valence-corrected chi connectivity index (χ0v) is 20.1. The van der Waals surface area contributed by atoms with Crippen molar-refractivity contribution in [3.63, 3.8) is 0 Å². The van der Waals surface area contributed by atoms with E-state index in [0.717, 1.165) is 12.8 Å². The lowest BCUT2D eigenvalue weighted by Gasteiger charge is -2.20. The normalized spacial score (nSPS) is 22.5. The third-order valence-electron chi connectivity index (χ3n) is 6.21. The van der Waals surface area contributed by atoms with E-state index in [4.69, 9.17) is 14.6 Å². The van der Waals surface area contributed by atoms with Crippen molar-refractivity contribution in [2.24, 2.45) is 0 Å². The maximum absolute atomic E-state index is 10.1. The molecule has 0 unspecified atom stereocenters. The minimum atomic E-state index is -1.05. The van der Waals surface area contributed by atoms with E-state index < -0.39 is 31.0 Å². The average Bonchev–Trinajstić information content (AvgIpc) is 3.15. The van der Waals surface area contributed by atoms with Gasteiger partial charge in [0.25, 0.3) is 0 Å². The second kappa shape index (κ2) is 20.2. The van der Waals surface area contributed by atoms with Gasteiger partial charge in [-0.3, -0.25) is 0 Å². The van der Waals surface area contributed by atoms with Crippen LogP contribution in [0.15, 0.2) is 12.2 Å². The Kier molecular flexibility index (Phi) is 18.6. The van der Waals surface area contributed by atoms with Crippen molar-refractivity contribution in [3.8, 4) is 0 Å². The summed E-state index contributed by atoms with van der Waals surface area (Å²) in [6.45, 7) is 2.71. The quantitative estimate of drug-likeness (QED) is 0.166.